The molecule has 0 atom stereocenters. The van der Waals surface area contributed by atoms with Gasteiger partial charge in [0.05, 0.1) is 5.56 Å². The van der Waals surface area contributed by atoms with Gasteiger partial charge in [-0.3, -0.25) is 4.98 Å². The van der Waals surface area contributed by atoms with E-state index >= 15 is 0 Å². The first kappa shape index (κ1) is 8.93. The molecular formula is C8H11N3S. The van der Waals surface area contributed by atoms with Gasteiger partial charge in [-0.1, -0.05) is 12.2 Å². The Morgan fingerprint density at radius 1 is 1.50 bits per heavy atom. The summed E-state index contributed by atoms with van der Waals surface area (Å²) in [6, 6.07) is 1.77. The van der Waals surface area contributed by atoms with E-state index in [0.717, 1.165) is 11.4 Å². The molecule has 0 saturated heterocycles. The summed E-state index contributed by atoms with van der Waals surface area (Å²) in [7, 11) is 0. The van der Waals surface area contributed by atoms with Crippen LogP contribution >= 0.6 is 12.2 Å². The normalized spacial score (nSPS) is 9.83. The van der Waals surface area contributed by atoms with E-state index in [4.69, 9.17) is 23.7 Å². The maximum atomic E-state index is 5.72. The van der Waals surface area contributed by atoms with Crippen molar-refractivity contribution in [3.8, 4) is 0 Å². The SMILES string of the molecule is Cc1cc(N)c(C(N)=S)c(C)n1. The van der Waals surface area contributed by atoms with E-state index in [1.54, 1.807) is 6.07 Å². The summed E-state index contributed by atoms with van der Waals surface area (Å²) in [6.45, 7) is 3.73. The number of aryl methyl sites for hydroxylation is 2. The Morgan fingerprint density at radius 3 is 2.50 bits per heavy atom. The molecule has 0 spiro atoms. The van der Waals surface area contributed by atoms with Crippen molar-refractivity contribution in [2.24, 2.45) is 5.73 Å². The van der Waals surface area contributed by atoms with E-state index in [1.165, 1.54) is 0 Å². The van der Waals surface area contributed by atoms with Crippen LogP contribution in [-0.2, 0) is 0 Å². The molecule has 4 N–H and O–H groups in total. The zero-order valence-corrected chi connectivity index (χ0v) is 7.90. The van der Waals surface area contributed by atoms with Crippen molar-refractivity contribution in [3.05, 3.63) is 23.0 Å². The highest BCUT2D eigenvalue weighted by molar-refractivity contribution is 7.80. The largest absolute Gasteiger partial charge is 0.398 e. The molecular weight excluding hydrogens is 170 g/mol. The number of thiocarbonyl (C=S) groups is 1. The van der Waals surface area contributed by atoms with Gasteiger partial charge in [-0.15, -0.1) is 0 Å². The number of hydrogen-bond donors (Lipinski definition) is 2. The molecule has 1 rings (SSSR count). The number of pyridine rings is 1. The topological polar surface area (TPSA) is 64.9 Å². The summed E-state index contributed by atoms with van der Waals surface area (Å²) in [6.07, 6.45) is 0. The van der Waals surface area contributed by atoms with Gasteiger partial charge in [-0.2, -0.15) is 0 Å². The lowest BCUT2D eigenvalue weighted by atomic mass is 10.1. The Hall–Kier alpha value is -1.16. The van der Waals surface area contributed by atoms with E-state index in [2.05, 4.69) is 4.98 Å². The quantitative estimate of drug-likeness (QED) is 0.632. The summed E-state index contributed by atoms with van der Waals surface area (Å²) in [5.74, 6) is 0. The first-order chi connectivity index (χ1) is 5.52. The predicted octanol–water partition coefficient (Wildman–Crippen LogP) is 0.915. The summed E-state index contributed by atoms with van der Waals surface area (Å²) >= 11 is 4.84. The van der Waals surface area contributed by atoms with E-state index < -0.39 is 0 Å². The third kappa shape index (κ3) is 1.53. The smallest absolute Gasteiger partial charge is 0.107 e. The summed E-state index contributed by atoms with van der Waals surface area (Å²) < 4.78 is 0. The Bertz CT molecular complexity index is 310. The van der Waals surface area contributed by atoms with Crippen molar-refractivity contribution in [1.82, 2.24) is 4.98 Å². The van der Waals surface area contributed by atoms with E-state index in [-0.39, 0.29) is 0 Å². The van der Waals surface area contributed by atoms with Crippen LogP contribution in [0.2, 0.25) is 0 Å². The molecule has 1 aromatic rings. The van der Waals surface area contributed by atoms with E-state index in [9.17, 15) is 0 Å². The Balaban J connectivity index is 3.38. The van der Waals surface area contributed by atoms with Gasteiger partial charge in [0, 0.05) is 17.1 Å². The number of hydrogen-bond acceptors (Lipinski definition) is 3. The second kappa shape index (κ2) is 3.06. The standard InChI is InChI=1S/C8H11N3S/c1-4-3-6(9)7(8(10)12)5(2)11-4/h3H,1-2H3,(H2,9,11)(H2,10,12). The number of nitrogens with two attached hydrogens (primary N) is 2. The van der Waals surface area contributed by atoms with Crippen LogP contribution in [0.3, 0.4) is 0 Å². The van der Waals surface area contributed by atoms with Crippen LogP contribution < -0.4 is 11.5 Å². The van der Waals surface area contributed by atoms with Gasteiger partial charge < -0.3 is 11.5 Å². The third-order valence-corrected chi connectivity index (χ3v) is 1.81. The molecule has 1 heterocycles. The van der Waals surface area contributed by atoms with Gasteiger partial charge in [-0.05, 0) is 19.9 Å². The van der Waals surface area contributed by atoms with Gasteiger partial charge in [0.25, 0.3) is 0 Å². The molecule has 0 bridgehead atoms. The molecule has 4 heteroatoms. The second-order valence-corrected chi connectivity index (χ2v) is 3.12. The fraction of sp³-hybridized carbons (Fsp3) is 0.250. The third-order valence-electron chi connectivity index (χ3n) is 1.61. The minimum Gasteiger partial charge on any atom is -0.398 e. The molecule has 0 aliphatic rings. The van der Waals surface area contributed by atoms with Crippen LogP contribution in [0, 0.1) is 13.8 Å². The lowest BCUT2D eigenvalue weighted by molar-refractivity contribution is 1.12. The number of aromatic nitrogens is 1. The van der Waals surface area contributed by atoms with Gasteiger partial charge in [-0.25, -0.2) is 0 Å². The van der Waals surface area contributed by atoms with Gasteiger partial charge in [0.2, 0.25) is 0 Å². The van der Waals surface area contributed by atoms with Gasteiger partial charge in [0.1, 0.15) is 4.99 Å². The number of nitrogens with zero attached hydrogens (tertiary/aromatic N) is 1. The first-order valence-corrected chi connectivity index (χ1v) is 3.96. The Labute approximate surface area is 76.8 Å². The van der Waals surface area contributed by atoms with Crippen molar-refractivity contribution in [2.45, 2.75) is 13.8 Å². The maximum absolute atomic E-state index is 5.72. The Morgan fingerprint density at radius 2 is 2.08 bits per heavy atom. The molecule has 0 aliphatic carbocycles. The second-order valence-electron chi connectivity index (χ2n) is 2.68. The summed E-state index contributed by atoms with van der Waals surface area (Å²) in [5.41, 5.74) is 14.2. The first-order valence-electron chi connectivity index (χ1n) is 3.56. The zero-order chi connectivity index (χ0) is 9.30. The van der Waals surface area contributed by atoms with Crippen LogP contribution in [-0.4, -0.2) is 9.97 Å². The van der Waals surface area contributed by atoms with Gasteiger partial charge >= 0.3 is 0 Å². The maximum Gasteiger partial charge on any atom is 0.107 e. The molecule has 0 amide bonds. The fourth-order valence-electron chi connectivity index (χ4n) is 1.18. The molecule has 0 aliphatic heterocycles. The highest BCUT2D eigenvalue weighted by Crippen LogP contribution is 2.15. The number of rotatable bonds is 1. The molecule has 0 saturated carbocycles. The van der Waals surface area contributed by atoms with Crippen molar-refractivity contribution < 1.29 is 0 Å². The molecule has 3 nitrogen and oxygen atoms in total. The van der Waals surface area contributed by atoms with Gasteiger partial charge in [0.15, 0.2) is 0 Å². The van der Waals surface area contributed by atoms with Crippen LogP contribution in [0.25, 0.3) is 0 Å². The van der Waals surface area contributed by atoms with E-state index in [1.807, 2.05) is 13.8 Å². The molecule has 0 aromatic carbocycles. The monoisotopic (exact) mass is 181 g/mol. The van der Waals surface area contributed by atoms with Crippen molar-refractivity contribution in [3.63, 3.8) is 0 Å². The van der Waals surface area contributed by atoms with Crippen molar-refractivity contribution in [2.75, 3.05) is 5.73 Å². The molecule has 12 heavy (non-hydrogen) atoms. The molecule has 64 valence electrons. The van der Waals surface area contributed by atoms with Crippen LogP contribution in [0.15, 0.2) is 6.07 Å². The minimum absolute atomic E-state index is 0.303. The zero-order valence-electron chi connectivity index (χ0n) is 7.09. The van der Waals surface area contributed by atoms with Crippen LogP contribution in [0.4, 0.5) is 5.69 Å². The average molecular weight is 181 g/mol. The predicted molar refractivity (Wildman–Crippen MR) is 54.0 cm³/mol. The Kier molecular flexibility index (Phi) is 2.28. The highest BCUT2D eigenvalue weighted by atomic mass is 32.1. The lowest BCUT2D eigenvalue weighted by Crippen LogP contribution is -2.15. The highest BCUT2D eigenvalue weighted by Gasteiger charge is 2.07. The van der Waals surface area contributed by atoms with Crippen LogP contribution in [0.5, 0.6) is 0 Å². The number of nitrogen functional groups attached to an aromatic ring is 1. The average Bonchev–Trinajstić information content (AvgIpc) is 1.82. The fourth-order valence-corrected chi connectivity index (χ4v) is 1.44. The van der Waals surface area contributed by atoms with Crippen molar-refractivity contribution in [1.29, 1.82) is 0 Å². The summed E-state index contributed by atoms with van der Waals surface area (Å²) in [4.78, 5) is 4.51. The molecule has 0 fully saturated rings. The molecule has 1 aromatic heterocycles. The summed E-state index contributed by atoms with van der Waals surface area (Å²) in [5, 5.41) is 0. The van der Waals surface area contributed by atoms with E-state index in [0.29, 0.717) is 16.2 Å². The lowest BCUT2D eigenvalue weighted by Gasteiger charge is -2.07. The minimum atomic E-state index is 0.303. The van der Waals surface area contributed by atoms with Crippen molar-refractivity contribution >= 4 is 22.9 Å². The molecule has 0 radical (unpaired) electrons. The molecule has 0 unspecified atom stereocenters. The van der Waals surface area contributed by atoms with Crippen LogP contribution in [0.1, 0.15) is 17.0 Å². The number of anilines is 1.